The van der Waals surface area contributed by atoms with E-state index in [0.717, 1.165) is 18.7 Å². The number of nitrogens with zero attached hydrogens (tertiary/aromatic N) is 1. The Kier molecular flexibility index (Phi) is 3.69. The highest BCUT2D eigenvalue weighted by molar-refractivity contribution is 5.37. The van der Waals surface area contributed by atoms with Crippen LogP contribution in [0.3, 0.4) is 0 Å². The second-order valence-electron chi connectivity index (χ2n) is 5.01. The predicted octanol–water partition coefficient (Wildman–Crippen LogP) is 2.06. The number of phenols is 1. The summed E-state index contributed by atoms with van der Waals surface area (Å²) in [5.74, 6) is 0.413. The number of benzene rings is 1. The smallest absolute Gasteiger partial charge is 0.120 e. The van der Waals surface area contributed by atoms with Crippen LogP contribution >= 0.6 is 0 Å². The Morgan fingerprint density at radius 2 is 2.24 bits per heavy atom. The first kappa shape index (κ1) is 12.4. The van der Waals surface area contributed by atoms with Gasteiger partial charge < -0.3 is 10.4 Å². The van der Waals surface area contributed by atoms with Gasteiger partial charge in [0.25, 0.3) is 0 Å². The maximum absolute atomic E-state index is 9.95. The van der Waals surface area contributed by atoms with Gasteiger partial charge in [0.2, 0.25) is 0 Å². The van der Waals surface area contributed by atoms with E-state index in [1.54, 1.807) is 6.07 Å². The number of phenolic OH excluding ortho intramolecular Hbond substituents is 1. The fourth-order valence-electron chi connectivity index (χ4n) is 2.58. The summed E-state index contributed by atoms with van der Waals surface area (Å²) in [5.41, 5.74) is 2.25. The van der Waals surface area contributed by atoms with Crippen molar-refractivity contribution >= 4 is 0 Å². The SMILES string of the molecule is CNC1CCN(C(C)c2cc(C)ccc2O)C1. The third kappa shape index (κ3) is 2.61. The summed E-state index contributed by atoms with van der Waals surface area (Å²) >= 11 is 0. The minimum Gasteiger partial charge on any atom is -0.508 e. The van der Waals surface area contributed by atoms with Crippen molar-refractivity contribution in [3.05, 3.63) is 29.3 Å². The molecule has 94 valence electrons. The van der Waals surface area contributed by atoms with Crippen LogP contribution < -0.4 is 5.32 Å². The van der Waals surface area contributed by atoms with Crippen LogP contribution in [0.1, 0.15) is 30.5 Å². The van der Waals surface area contributed by atoms with Crippen molar-refractivity contribution in [1.82, 2.24) is 10.2 Å². The van der Waals surface area contributed by atoms with Gasteiger partial charge in [-0.15, -0.1) is 0 Å². The maximum Gasteiger partial charge on any atom is 0.120 e. The molecule has 1 heterocycles. The van der Waals surface area contributed by atoms with Gasteiger partial charge in [-0.25, -0.2) is 0 Å². The van der Waals surface area contributed by atoms with Crippen molar-refractivity contribution in [2.45, 2.75) is 32.4 Å². The summed E-state index contributed by atoms with van der Waals surface area (Å²) in [4.78, 5) is 2.43. The molecule has 0 amide bonds. The monoisotopic (exact) mass is 234 g/mol. The Bertz CT molecular complexity index is 392. The summed E-state index contributed by atoms with van der Waals surface area (Å²) < 4.78 is 0. The van der Waals surface area contributed by atoms with Gasteiger partial charge in [0.1, 0.15) is 5.75 Å². The van der Waals surface area contributed by atoms with Crippen LogP contribution in [0.2, 0.25) is 0 Å². The van der Waals surface area contributed by atoms with E-state index >= 15 is 0 Å². The van der Waals surface area contributed by atoms with E-state index in [-0.39, 0.29) is 6.04 Å². The molecular formula is C14H22N2O. The zero-order valence-electron chi connectivity index (χ0n) is 10.9. The van der Waals surface area contributed by atoms with E-state index in [9.17, 15) is 5.11 Å². The molecule has 2 N–H and O–H groups in total. The number of aryl methyl sites for hydroxylation is 1. The highest BCUT2D eigenvalue weighted by Crippen LogP contribution is 2.31. The molecular weight excluding hydrogens is 212 g/mol. The fourth-order valence-corrected chi connectivity index (χ4v) is 2.58. The first-order valence-electron chi connectivity index (χ1n) is 6.32. The molecule has 1 aliphatic rings. The molecule has 1 aliphatic heterocycles. The minimum absolute atomic E-state index is 0.285. The average Bonchev–Trinajstić information content (AvgIpc) is 2.80. The van der Waals surface area contributed by atoms with Gasteiger partial charge in [-0.1, -0.05) is 17.7 Å². The number of aromatic hydroxyl groups is 1. The lowest BCUT2D eigenvalue weighted by atomic mass is 10.0. The van der Waals surface area contributed by atoms with Crippen molar-refractivity contribution < 1.29 is 5.11 Å². The summed E-state index contributed by atoms with van der Waals surface area (Å²) in [6.07, 6.45) is 1.19. The van der Waals surface area contributed by atoms with Crippen LogP contribution in [0.25, 0.3) is 0 Å². The molecule has 0 aliphatic carbocycles. The quantitative estimate of drug-likeness (QED) is 0.840. The highest BCUT2D eigenvalue weighted by atomic mass is 16.3. The van der Waals surface area contributed by atoms with Crippen LogP contribution in [-0.4, -0.2) is 36.2 Å². The lowest BCUT2D eigenvalue weighted by Gasteiger charge is -2.25. The largest absolute Gasteiger partial charge is 0.508 e. The van der Waals surface area contributed by atoms with Crippen molar-refractivity contribution in [3.63, 3.8) is 0 Å². The van der Waals surface area contributed by atoms with Gasteiger partial charge in [-0.2, -0.15) is 0 Å². The summed E-state index contributed by atoms with van der Waals surface area (Å²) in [5, 5.41) is 13.3. The first-order valence-corrected chi connectivity index (χ1v) is 6.32. The van der Waals surface area contributed by atoms with Crippen molar-refractivity contribution in [2.75, 3.05) is 20.1 Å². The van der Waals surface area contributed by atoms with Gasteiger partial charge in [0.05, 0.1) is 0 Å². The third-order valence-electron chi connectivity index (χ3n) is 3.81. The molecule has 1 aromatic rings. The molecule has 0 radical (unpaired) electrons. The van der Waals surface area contributed by atoms with E-state index in [2.05, 4.69) is 30.1 Å². The van der Waals surface area contributed by atoms with Gasteiger partial charge in [-0.05, 0) is 33.4 Å². The Morgan fingerprint density at radius 3 is 2.88 bits per heavy atom. The van der Waals surface area contributed by atoms with E-state index in [1.807, 2.05) is 13.1 Å². The summed E-state index contributed by atoms with van der Waals surface area (Å²) in [6, 6.07) is 6.71. The molecule has 2 rings (SSSR count). The van der Waals surface area contributed by atoms with Crippen LogP contribution in [0.4, 0.5) is 0 Å². The van der Waals surface area contributed by atoms with Crippen LogP contribution in [0, 0.1) is 6.92 Å². The maximum atomic E-state index is 9.95. The van der Waals surface area contributed by atoms with Gasteiger partial charge in [0.15, 0.2) is 0 Å². The lowest BCUT2D eigenvalue weighted by Crippen LogP contribution is -2.31. The third-order valence-corrected chi connectivity index (χ3v) is 3.81. The molecule has 3 nitrogen and oxygen atoms in total. The molecule has 0 bridgehead atoms. The first-order chi connectivity index (χ1) is 8.11. The molecule has 0 aromatic heterocycles. The van der Waals surface area contributed by atoms with E-state index in [1.165, 1.54) is 12.0 Å². The Labute approximate surface area is 103 Å². The molecule has 2 atom stereocenters. The van der Waals surface area contributed by atoms with E-state index in [0.29, 0.717) is 11.8 Å². The van der Waals surface area contributed by atoms with Crippen molar-refractivity contribution in [1.29, 1.82) is 0 Å². The van der Waals surface area contributed by atoms with Crippen LogP contribution in [-0.2, 0) is 0 Å². The Hall–Kier alpha value is -1.06. The Morgan fingerprint density at radius 1 is 1.47 bits per heavy atom. The molecule has 3 heteroatoms. The van der Waals surface area contributed by atoms with Gasteiger partial charge in [-0.3, -0.25) is 4.90 Å². The van der Waals surface area contributed by atoms with Crippen molar-refractivity contribution in [2.24, 2.45) is 0 Å². The highest BCUT2D eigenvalue weighted by Gasteiger charge is 2.26. The Balaban J connectivity index is 2.14. The second-order valence-corrected chi connectivity index (χ2v) is 5.01. The number of likely N-dealkylation sites (tertiary alicyclic amines) is 1. The van der Waals surface area contributed by atoms with Gasteiger partial charge >= 0.3 is 0 Å². The fraction of sp³-hybridized carbons (Fsp3) is 0.571. The van der Waals surface area contributed by atoms with Crippen LogP contribution in [0.5, 0.6) is 5.75 Å². The summed E-state index contributed by atoms with van der Waals surface area (Å²) in [6.45, 7) is 6.40. The molecule has 1 aromatic carbocycles. The number of hydrogen-bond acceptors (Lipinski definition) is 3. The van der Waals surface area contributed by atoms with Crippen molar-refractivity contribution in [3.8, 4) is 5.75 Å². The number of likely N-dealkylation sites (N-methyl/N-ethyl adjacent to an activating group) is 1. The number of nitrogens with one attached hydrogen (secondary N) is 1. The molecule has 0 spiro atoms. The lowest BCUT2D eigenvalue weighted by molar-refractivity contribution is 0.252. The van der Waals surface area contributed by atoms with Crippen LogP contribution in [0.15, 0.2) is 18.2 Å². The number of hydrogen-bond donors (Lipinski definition) is 2. The zero-order valence-corrected chi connectivity index (χ0v) is 10.9. The van der Waals surface area contributed by atoms with Gasteiger partial charge in [0, 0.05) is 30.7 Å². The molecule has 1 fully saturated rings. The number of rotatable bonds is 3. The van der Waals surface area contributed by atoms with E-state index in [4.69, 9.17) is 0 Å². The standard InChI is InChI=1S/C14H22N2O/c1-10-4-5-14(17)13(8-10)11(2)16-7-6-12(9-16)15-3/h4-5,8,11-12,15,17H,6-7,9H2,1-3H3. The zero-order chi connectivity index (χ0) is 12.4. The molecule has 2 unspecified atom stereocenters. The van der Waals surface area contributed by atoms with E-state index < -0.39 is 0 Å². The summed E-state index contributed by atoms with van der Waals surface area (Å²) in [7, 11) is 2.02. The minimum atomic E-state index is 0.285. The molecule has 0 saturated carbocycles. The normalized spacial score (nSPS) is 22.9. The molecule has 1 saturated heterocycles. The predicted molar refractivity (Wildman–Crippen MR) is 70.3 cm³/mol. The topological polar surface area (TPSA) is 35.5 Å². The molecule has 17 heavy (non-hydrogen) atoms. The second kappa shape index (κ2) is 5.07. The average molecular weight is 234 g/mol.